The van der Waals surface area contributed by atoms with Gasteiger partial charge in [0, 0.05) is 51.4 Å². The van der Waals surface area contributed by atoms with Crippen LogP contribution in [0.5, 0.6) is 0 Å². The number of carbonyl (C=O) groups excluding carboxylic acids is 4. The second kappa shape index (κ2) is 27.5. The van der Waals surface area contributed by atoms with Crippen LogP contribution >= 0.6 is 11.3 Å². The molecule has 13 nitrogen and oxygen atoms in total. The highest BCUT2D eigenvalue weighted by Gasteiger charge is 2.32. The summed E-state index contributed by atoms with van der Waals surface area (Å²) in [5.41, 5.74) is 5.30. The molecule has 14 heteroatoms. The van der Waals surface area contributed by atoms with Crippen molar-refractivity contribution in [3.8, 4) is 0 Å². The fraction of sp³-hybridized carbons (Fsp3) is 0.641. The van der Waals surface area contributed by atoms with E-state index in [4.69, 9.17) is 9.53 Å². The van der Waals surface area contributed by atoms with Crippen molar-refractivity contribution in [2.24, 2.45) is 23.5 Å². The monoisotopic (exact) mass is 762 g/mol. The van der Waals surface area contributed by atoms with E-state index in [1.807, 2.05) is 65.1 Å². The van der Waals surface area contributed by atoms with Gasteiger partial charge in [0.05, 0.1) is 5.92 Å². The molecule has 1 heterocycles. The summed E-state index contributed by atoms with van der Waals surface area (Å²) in [6.45, 7) is 13.0. The Balaban J connectivity index is 0.00000213. The summed E-state index contributed by atoms with van der Waals surface area (Å²) in [6, 6.07) is 8.90. The molecule has 0 fully saturated rings. The van der Waals surface area contributed by atoms with Gasteiger partial charge < -0.3 is 36.0 Å². The standard InChI is InChI=1S/C31H46N4O6S.C7H17N.CH3NO/c1-19(2)14-27(36)35(8)25(20(3)4)17-26(41-31(40)34(6)7)29-33-24(18-42-29)28(37)32-23(15-21(5)30(38)39)16-22-12-10-9-11-13-22;1-3-4-5-6-7-8-2;2-1-3/h9-13,18-21,23,25-26H,14-17H2,1-8H3,(H,32,37)(H,38,39);8H,3-7H2,1-2H3;1H,(H2,2,3). The molecule has 5 N–H and O–H groups in total. The average Bonchev–Trinajstić information content (AvgIpc) is 3.59. The minimum atomic E-state index is -0.930. The minimum Gasteiger partial charge on any atom is -0.481 e. The maximum absolute atomic E-state index is 13.3. The molecule has 4 amide bonds. The Labute approximate surface area is 321 Å². The Morgan fingerprint density at radius 1 is 1.00 bits per heavy atom. The largest absolute Gasteiger partial charge is 0.481 e. The fourth-order valence-electron chi connectivity index (χ4n) is 5.35. The smallest absolute Gasteiger partial charge is 0.409 e. The van der Waals surface area contributed by atoms with Gasteiger partial charge in [0.15, 0.2) is 6.10 Å². The summed E-state index contributed by atoms with van der Waals surface area (Å²) < 4.78 is 5.82. The van der Waals surface area contributed by atoms with Crippen LogP contribution < -0.4 is 16.4 Å². The van der Waals surface area contributed by atoms with Crippen LogP contribution in [0.4, 0.5) is 4.79 Å². The molecule has 0 saturated heterocycles. The number of benzene rings is 1. The van der Waals surface area contributed by atoms with Crippen molar-refractivity contribution in [2.45, 2.75) is 111 Å². The Morgan fingerprint density at radius 3 is 2.13 bits per heavy atom. The zero-order valence-electron chi connectivity index (χ0n) is 33.6. The van der Waals surface area contributed by atoms with Crippen molar-refractivity contribution in [1.29, 1.82) is 0 Å². The number of carbonyl (C=O) groups is 5. The molecule has 53 heavy (non-hydrogen) atoms. The summed E-state index contributed by atoms with van der Waals surface area (Å²) in [5, 5.41) is 17.6. The molecule has 0 aliphatic heterocycles. The quantitative estimate of drug-likeness (QED) is 0.0909. The van der Waals surface area contributed by atoms with E-state index in [1.54, 1.807) is 38.3 Å². The first-order valence-corrected chi connectivity index (χ1v) is 19.4. The van der Waals surface area contributed by atoms with Gasteiger partial charge in [-0.3, -0.25) is 19.2 Å². The number of unbranched alkanes of at least 4 members (excludes halogenated alkanes) is 3. The third-order valence-electron chi connectivity index (χ3n) is 8.34. The highest BCUT2D eigenvalue weighted by Crippen LogP contribution is 2.31. The van der Waals surface area contributed by atoms with Crippen molar-refractivity contribution >= 4 is 41.6 Å². The Kier molecular flexibility index (Phi) is 25.4. The lowest BCUT2D eigenvalue weighted by Crippen LogP contribution is -2.42. The van der Waals surface area contributed by atoms with E-state index in [0.29, 0.717) is 24.3 Å². The van der Waals surface area contributed by atoms with E-state index in [1.165, 1.54) is 48.5 Å². The maximum atomic E-state index is 13.3. The maximum Gasteiger partial charge on any atom is 0.409 e. The molecule has 1 aromatic heterocycles. The molecular formula is C39H66N6O7S. The van der Waals surface area contributed by atoms with E-state index in [-0.39, 0.29) is 42.3 Å². The lowest BCUT2D eigenvalue weighted by Gasteiger charge is -2.34. The van der Waals surface area contributed by atoms with Crippen molar-refractivity contribution in [2.75, 3.05) is 34.7 Å². The molecule has 4 unspecified atom stereocenters. The van der Waals surface area contributed by atoms with Gasteiger partial charge in [-0.1, -0.05) is 91.1 Å². The number of aliphatic carboxylic acids is 1. The van der Waals surface area contributed by atoms with Crippen molar-refractivity contribution in [3.05, 3.63) is 52.0 Å². The van der Waals surface area contributed by atoms with E-state index in [2.05, 4.69) is 28.3 Å². The third-order valence-corrected chi connectivity index (χ3v) is 9.27. The predicted molar refractivity (Wildman–Crippen MR) is 212 cm³/mol. The minimum absolute atomic E-state index is 0.0145. The molecule has 2 rings (SSSR count). The molecular weight excluding hydrogens is 697 g/mol. The molecule has 0 saturated carbocycles. The van der Waals surface area contributed by atoms with Crippen LogP contribution in [-0.2, 0) is 25.5 Å². The van der Waals surface area contributed by atoms with Crippen molar-refractivity contribution in [1.82, 2.24) is 25.4 Å². The van der Waals surface area contributed by atoms with Gasteiger partial charge in [0.25, 0.3) is 5.91 Å². The highest BCUT2D eigenvalue weighted by molar-refractivity contribution is 7.09. The summed E-state index contributed by atoms with van der Waals surface area (Å²) in [7, 11) is 6.95. The SMILES string of the molecule is CC(C)CC(=O)N(C)C(CC(OC(=O)N(C)C)c1nc(C(=O)NC(Cc2ccccc2)CC(C)C(=O)O)cs1)C(C)C.CCCCCCNC.NC=O. The predicted octanol–water partition coefficient (Wildman–Crippen LogP) is 6.14. The van der Waals surface area contributed by atoms with Crippen LogP contribution in [0.25, 0.3) is 0 Å². The van der Waals surface area contributed by atoms with E-state index in [0.717, 1.165) is 5.56 Å². The second-order valence-electron chi connectivity index (χ2n) is 14.1. The van der Waals surface area contributed by atoms with Gasteiger partial charge in [-0.15, -0.1) is 11.3 Å². The number of nitrogens with one attached hydrogen (secondary N) is 2. The van der Waals surface area contributed by atoms with Gasteiger partial charge in [-0.2, -0.15) is 0 Å². The van der Waals surface area contributed by atoms with Gasteiger partial charge in [-0.05, 0) is 50.3 Å². The highest BCUT2D eigenvalue weighted by atomic mass is 32.1. The Bertz CT molecular complexity index is 1330. The molecule has 0 bridgehead atoms. The lowest BCUT2D eigenvalue weighted by atomic mass is 9.95. The number of nitrogens with zero attached hydrogens (tertiary/aromatic N) is 3. The van der Waals surface area contributed by atoms with Crippen molar-refractivity contribution < 1.29 is 33.8 Å². The van der Waals surface area contributed by atoms with Crippen LogP contribution in [0.2, 0.25) is 0 Å². The number of ether oxygens (including phenoxy) is 1. The second-order valence-corrected chi connectivity index (χ2v) is 15.0. The fourth-order valence-corrected chi connectivity index (χ4v) is 6.19. The molecule has 300 valence electrons. The first kappa shape index (κ1) is 49.0. The van der Waals surface area contributed by atoms with Crippen LogP contribution in [0.15, 0.2) is 35.7 Å². The number of nitrogens with two attached hydrogens (primary N) is 1. The number of primary amides is 1. The lowest BCUT2D eigenvalue weighted by molar-refractivity contribution is -0.141. The van der Waals surface area contributed by atoms with Crippen molar-refractivity contribution in [3.63, 3.8) is 0 Å². The van der Waals surface area contributed by atoms with Gasteiger partial charge in [0.1, 0.15) is 10.7 Å². The van der Waals surface area contributed by atoms with Gasteiger partial charge in [-0.25, -0.2) is 9.78 Å². The number of carboxylic acids is 1. The van der Waals surface area contributed by atoms with Crippen LogP contribution in [0.1, 0.15) is 114 Å². The zero-order chi connectivity index (χ0) is 40.5. The molecule has 2 aromatic rings. The topological polar surface area (TPSA) is 184 Å². The molecule has 4 atom stereocenters. The summed E-state index contributed by atoms with van der Waals surface area (Å²) in [4.78, 5) is 66.6. The summed E-state index contributed by atoms with van der Waals surface area (Å²) in [5.74, 6) is -1.72. The van der Waals surface area contributed by atoms with Gasteiger partial charge in [0.2, 0.25) is 12.3 Å². The van der Waals surface area contributed by atoms with Gasteiger partial charge >= 0.3 is 12.1 Å². The number of hydrogen-bond acceptors (Lipinski definition) is 9. The normalized spacial score (nSPS) is 12.9. The van der Waals surface area contributed by atoms with E-state index in [9.17, 15) is 24.3 Å². The van der Waals surface area contributed by atoms with Crippen LogP contribution in [0.3, 0.4) is 0 Å². The Morgan fingerprint density at radius 2 is 1.62 bits per heavy atom. The number of thiazole rings is 1. The average molecular weight is 763 g/mol. The number of aromatic nitrogens is 1. The zero-order valence-corrected chi connectivity index (χ0v) is 34.4. The third kappa shape index (κ3) is 20.7. The number of rotatable bonds is 20. The molecule has 0 aliphatic rings. The number of carboxylic acid groups (broad SMARTS) is 1. The number of hydrogen-bond donors (Lipinski definition) is 4. The first-order valence-electron chi connectivity index (χ1n) is 18.5. The van der Waals surface area contributed by atoms with Crippen LogP contribution in [0, 0.1) is 17.8 Å². The molecule has 0 spiro atoms. The first-order chi connectivity index (χ1) is 25.0. The van der Waals surface area contributed by atoms with Crippen LogP contribution in [-0.4, -0.2) is 97.0 Å². The number of amides is 4. The summed E-state index contributed by atoms with van der Waals surface area (Å²) in [6.07, 6.45) is 5.82. The Hall–Kier alpha value is -4.04. The molecule has 0 aliphatic carbocycles. The summed E-state index contributed by atoms with van der Waals surface area (Å²) >= 11 is 1.21. The van der Waals surface area contributed by atoms with E-state index >= 15 is 0 Å². The molecule has 0 radical (unpaired) electrons. The molecule has 1 aromatic carbocycles. The van der Waals surface area contributed by atoms with E-state index < -0.39 is 36.0 Å².